The van der Waals surface area contributed by atoms with Crippen LogP contribution in [0, 0.1) is 0 Å². The second-order valence-corrected chi connectivity index (χ2v) is 8.23. The number of amides is 2. The Kier molecular flexibility index (Phi) is 6.46. The molecule has 8 heteroatoms. The number of rotatable bonds is 7. The normalized spacial score (nSPS) is 10.9. The number of ether oxygens (including phenoxy) is 1. The van der Waals surface area contributed by atoms with E-state index in [0.717, 1.165) is 5.56 Å². The van der Waals surface area contributed by atoms with Crippen molar-refractivity contribution in [3.8, 4) is 5.75 Å². The Bertz CT molecular complexity index is 1070. The van der Waals surface area contributed by atoms with Crippen molar-refractivity contribution in [2.45, 2.75) is 17.2 Å². The van der Waals surface area contributed by atoms with Gasteiger partial charge in [-0.15, -0.1) is 0 Å². The zero-order valence-corrected chi connectivity index (χ0v) is 16.6. The van der Waals surface area contributed by atoms with Crippen LogP contribution in [0.15, 0.2) is 78.0 Å². The monoisotopic (exact) mass is 411 g/mol. The van der Waals surface area contributed by atoms with Crippen molar-refractivity contribution in [2.75, 3.05) is 12.4 Å². The maximum atomic E-state index is 12.7. The smallest absolute Gasteiger partial charge is 0.319 e. The van der Waals surface area contributed by atoms with Crippen LogP contribution in [0.5, 0.6) is 5.75 Å². The molecule has 150 valence electrons. The molecule has 0 atom stereocenters. The van der Waals surface area contributed by atoms with Gasteiger partial charge in [0.1, 0.15) is 10.6 Å². The lowest BCUT2D eigenvalue weighted by Gasteiger charge is -2.10. The Morgan fingerprint density at radius 1 is 0.966 bits per heavy atom. The molecule has 29 heavy (non-hydrogen) atoms. The molecule has 0 unspecified atom stereocenters. The molecule has 2 N–H and O–H groups in total. The first-order valence-corrected chi connectivity index (χ1v) is 10.5. The maximum absolute atomic E-state index is 12.7. The molecule has 0 fully saturated rings. The Labute approximate surface area is 169 Å². The molecular formula is C21H21N3O4S. The Morgan fingerprint density at radius 2 is 1.66 bits per heavy atom. The van der Waals surface area contributed by atoms with Crippen LogP contribution in [-0.2, 0) is 22.1 Å². The van der Waals surface area contributed by atoms with Gasteiger partial charge in [-0.2, -0.15) is 0 Å². The van der Waals surface area contributed by atoms with Gasteiger partial charge in [-0.3, -0.25) is 4.98 Å². The Hall–Kier alpha value is -3.39. The van der Waals surface area contributed by atoms with Crippen molar-refractivity contribution in [1.82, 2.24) is 10.3 Å². The standard InChI is InChI=1S/C21H21N3O4S/c1-28-19-4-2-3-5-20(19)29(26,27)15-17-6-8-18(9-7-17)24-21(25)23-14-16-10-12-22-13-11-16/h2-13H,14-15H2,1H3,(H2,23,24,25). The molecule has 0 saturated carbocycles. The number of aromatic nitrogens is 1. The van der Waals surface area contributed by atoms with Gasteiger partial charge in [0.25, 0.3) is 0 Å². The molecule has 0 aliphatic carbocycles. The third-order valence-electron chi connectivity index (χ3n) is 4.18. The molecule has 0 bridgehead atoms. The summed E-state index contributed by atoms with van der Waals surface area (Å²) in [6.45, 7) is 0.379. The molecule has 1 heterocycles. The summed E-state index contributed by atoms with van der Waals surface area (Å²) in [7, 11) is -2.12. The van der Waals surface area contributed by atoms with Crippen molar-refractivity contribution < 1.29 is 17.9 Å². The number of benzene rings is 2. The molecule has 0 saturated heterocycles. The summed E-state index contributed by atoms with van der Waals surface area (Å²) in [6.07, 6.45) is 3.32. The van der Waals surface area contributed by atoms with Gasteiger partial charge in [0.15, 0.2) is 9.84 Å². The first-order chi connectivity index (χ1) is 14.0. The third kappa shape index (κ3) is 5.55. The number of carbonyl (C=O) groups excluding carboxylic acids is 1. The second kappa shape index (κ2) is 9.20. The fraction of sp³-hybridized carbons (Fsp3) is 0.143. The molecule has 0 radical (unpaired) electrons. The lowest BCUT2D eigenvalue weighted by atomic mass is 10.2. The number of pyridine rings is 1. The number of urea groups is 1. The average Bonchev–Trinajstić information content (AvgIpc) is 2.74. The zero-order valence-electron chi connectivity index (χ0n) is 15.8. The fourth-order valence-corrected chi connectivity index (χ4v) is 4.25. The van der Waals surface area contributed by atoms with Crippen LogP contribution in [0.2, 0.25) is 0 Å². The van der Waals surface area contributed by atoms with Gasteiger partial charge in [-0.1, -0.05) is 24.3 Å². The number of nitrogens with one attached hydrogen (secondary N) is 2. The summed E-state index contributed by atoms with van der Waals surface area (Å²) in [5.41, 5.74) is 2.11. The van der Waals surface area contributed by atoms with E-state index >= 15 is 0 Å². The molecule has 2 aromatic carbocycles. The van der Waals surface area contributed by atoms with E-state index in [4.69, 9.17) is 4.74 Å². The minimum atomic E-state index is -3.56. The van der Waals surface area contributed by atoms with Crippen LogP contribution in [0.4, 0.5) is 10.5 Å². The van der Waals surface area contributed by atoms with Crippen LogP contribution < -0.4 is 15.4 Å². The lowest BCUT2D eigenvalue weighted by molar-refractivity contribution is 0.251. The summed E-state index contributed by atoms with van der Waals surface area (Å²) in [5, 5.41) is 5.46. The number of hydrogen-bond acceptors (Lipinski definition) is 5. The second-order valence-electron chi connectivity index (χ2n) is 6.27. The van der Waals surface area contributed by atoms with E-state index in [1.54, 1.807) is 54.9 Å². The quantitative estimate of drug-likeness (QED) is 0.621. The lowest BCUT2D eigenvalue weighted by Crippen LogP contribution is -2.28. The van der Waals surface area contributed by atoms with Gasteiger partial charge in [-0.05, 0) is 47.5 Å². The summed E-state index contributed by atoms with van der Waals surface area (Å²) < 4.78 is 30.5. The molecule has 3 aromatic rings. The topological polar surface area (TPSA) is 97.4 Å². The SMILES string of the molecule is COc1ccccc1S(=O)(=O)Cc1ccc(NC(=O)NCc2ccncc2)cc1. The van der Waals surface area contributed by atoms with Crippen molar-refractivity contribution in [3.05, 3.63) is 84.2 Å². The third-order valence-corrected chi connectivity index (χ3v) is 5.90. The largest absolute Gasteiger partial charge is 0.495 e. The average molecular weight is 411 g/mol. The van der Waals surface area contributed by atoms with Crippen LogP contribution in [0.3, 0.4) is 0 Å². The van der Waals surface area contributed by atoms with Crippen LogP contribution in [-0.4, -0.2) is 26.5 Å². The Balaban J connectivity index is 1.60. The Morgan fingerprint density at radius 3 is 2.34 bits per heavy atom. The van der Waals surface area contributed by atoms with Gasteiger partial charge in [0.05, 0.1) is 12.9 Å². The van der Waals surface area contributed by atoms with Crippen molar-refractivity contribution in [3.63, 3.8) is 0 Å². The number of para-hydroxylation sites is 1. The zero-order chi connectivity index (χ0) is 20.7. The van der Waals surface area contributed by atoms with Crippen molar-refractivity contribution >= 4 is 21.6 Å². The highest BCUT2D eigenvalue weighted by molar-refractivity contribution is 7.90. The molecule has 1 aromatic heterocycles. The molecule has 2 amide bonds. The highest BCUT2D eigenvalue weighted by atomic mass is 32.2. The molecule has 0 aliphatic rings. The van der Waals surface area contributed by atoms with E-state index in [9.17, 15) is 13.2 Å². The summed E-state index contributed by atoms with van der Waals surface area (Å²) >= 11 is 0. The molecular weight excluding hydrogens is 390 g/mol. The fourth-order valence-electron chi connectivity index (χ4n) is 2.72. The minimum Gasteiger partial charge on any atom is -0.495 e. The van der Waals surface area contributed by atoms with Gasteiger partial charge < -0.3 is 15.4 Å². The molecule has 7 nitrogen and oxygen atoms in total. The van der Waals surface area contributed by atoms with Crippen LogP contribution in [0.25, 0.3) is 0 Å². The summed E-state index contributed by atoms with van der Waals surface area (Å²) in [6, 6.07) is 16.5. The van der Waals surface area contributed by atoms with Gasteiger partial charge in [0.2, 0.25) is 0 Å². The molecule has 0 spiro atoms. The van der Waals surface area contributed by atoms with E-state index < -0.39 is 9.84 Å². The highest BCUT2D eigenvalue weighted by Gasteiger charge is 2.19. The summed E-state index contributed by atoms with van der Waals surface area (Å²) in [4.78, 5) is 16.1. The number of anilines is 1. The van der Waals surface area contributed by atoms with Crippen LogP contribution >= 0.6 is 0 Å². The number of hydrogen-bond donors (Lipinski definition) is 2. The first kappa shape index (κ1) is 20.3. The number of methoxy groups -OCH3 is 1. The van der Waals surface area contributed by atoms with Crippen LogP contribution in [0.1, 0.15) is 11.1 Å². The van der Waals surface area contributed by atoms with Gasteiger partial charge >= 0.3 is 6.03 Å². The number of nitrogens with zero attached hydrogens (tertiary/aromatic N) is 1. The van der Waals surface area contributed by atoms with Gasteiger partial charge in [-0.25, -0.2) is 13.2 Å². The van der Waals surface area contributed by atoms with E-state index in [-0.39, 0.29) is 16.7 Å². The number of carbonyl (C=O) groups is 1. The maximum Gasteiger partial charge on any atom is 0.319 e. The van der Waals surface area contributed by atoms with Crippen molar-refractivity contribution in [1.29, 1.82) is 0 Å². The first-order valence-electron chi connectivity index (χ1n) is 8.86. The van der Waals surface area contributed by atoms with Crippen molar-refractivity contribution in [2.24, 2.45) is 0 Å². The molecule has 0 aliphatic heterocycles. The summed E-state index contributed by atoms with van der Waals surface area (Å²) in [5.74, 6) is 0.152. The van der Waals surface area contributed by atoms with Gasteiger partial charge in [0, 0.05) is 24.6 Å². The minimum absolute atomic E-state index is 0.153. The predicted octanol–water partition coefficient (Wildman–Crippen LogP) is 3.39. The number of sulfone groups is 1. The van der Waals surface area contributed by atoms with E-state index in [1.165, 1.54) is 13.2 Å². The van der Waals surface area contributed by atoms with E-state index in [1.807, 2.05) is 12.1 Å². The predicted molar refractivity (Wildman–Crippen MR) is 110 cm³/mol. The van der Waals surface area contributed by atoms with E-state index in [2.05, 4.69) is 15.6 Å². The highest BCUT2D eigenvalue weighted by Crippen LogP contribution is 2.26. The molecule has 3 rings (SSSR count). The van der Waals surface area contributed by atoms with E-state index in [0.29, 0.717) is 23.5 Å².